The summed E-state index contributed by atoms with van der Waals surface area (Å²) in [6.45, 7) is 6.60. The van der Waals surface area contributed by atoms with Crippen molar-refractivity contribution in [3.8, 4) is 0 Å². The first-order valence-electron chi connectivity index (χ1n) is 7.40. The van der Waals surface area contributed by atoms with Crippen LogP contribution in [0.15, 0.2) is 42.0 Å². The normalized spacial score (nSPS) is 11.6. The number of ether oxygens (including phenoxy) is 1. The van der Waals surface area contributed by atoms with E-state index in [0.29, 0.717) is 18.1 Å². The highest BCUT2D eigenvalue weighted by molar-refractivity contribution is 6.40. The smallest absolute Gasteiger partial charge is 0.379 e. The zero-order valence-corrected chi connectivity index (χ0v) is 13.1. The monoisotopic (exact) mass is 288 g/mol. The van der Waals surface area contributed by atoms with Gasteiger partial charge in [-0.2, -0.15) is 0 Å². The molecule has 1 atom stereocenters. The van der Waals surface area contributed by atoms with Gasteiger partial charge in [0.2, 0.25) is 0 Å². The highest BCUT2D eigenvalue weighted by Crippen LogP contribution is 2.12. The van der Waals surface area contributed by atoms with Crippen molar-refractivity contribution in [3.63, 3.8) is 0 Å². The van der Waals surface area contributed by atoms with Crippen LogP contribution in [0.3, 0.4) is 0 Å². The predicted molar refractivity (Wildman–Crippen MR) is 84.2 cm³/mol. The van der Waals surface area contributed by atoms with Crippen LogP contribution in [-0.4, -0.2) is 18.4 Å². The predicted octanol–water partition coefficient (Wildman–Crippen LogP) is 4.19. The van der Waals surface area contributed by atoms with E-state index < -0.39 is 11.8 Å². The van der Waals surface area contributed by atoms with E-state index in [1.807, 2.05) is 0 Å². The third-order valence-electron chi connectivity index (χ3n) is 3.28. The van der Waals surface area contributed by atoms with Crippen molar-refractivity contribution in [3.05, 3.63) is 47.5 Å². The van der Waals surface area contributed by atoms with Gasteiger partial charge in [-0.15, -0.1) is 0 Å². The van der Waals surface area contributed by atoms with Gasteiger partial charge in [-0.05, 0) is 39.0 Å². The summed E-state index contributed by atoms with van der Waals surface area (Å²) in [7, 11) is 0. The summed E-state index contributed by atoms with van der Waals surface area (Å²) in [6, 6.07) is 8.49. The van der Waals surface area contributed by atoms with Crippen LogP contribution < -0.4 is 0 Å². The minimum absolute atomic E-state index is 0.299. The Morgan fingerprint density at radius 3 is 2.43 bits per heavy atom. The molecule has 1 rings (SSSR count). The molecular formula is C18H24O3. The lowest BCUT2D eigenvalue weighted by Gasteiger charge is -2.10. The van der Waals surface area contributed by atoms with E-state index in [4.69, 9.17) is 4.74 Å². The van der Waals surface area contributed by atoms with E-state index >= 15 is 0 Å². The molecule has 0 radical (unpaired) electrons. The molecule has 0 N–H and O–H groups in total. The third kappa shape index (κ3) is 6.89. The Morgan fingerprint density at radius 1 is 1.14 bits per heavy atom. The van der Waals surface area contributed by atoms with Crippen molar-refractivity contribution in [1.29, 1.82) is 0 Å². The van der Waals surface area contributed by atoms with E-state index in [-0.39, 0.29) is 0 Å². The number of carbonyl (C=O) groups excluding carboxylic acids is 2. The molecule has 114 valence electrons. The fourth-order valence-electron chi connectivity index (χ4n) is 1.93. The molecule has 0 spiro atoms. The largest absolute Gasteiger partial charge is 0.460 e. The van der Waals surface area contributed by atoms with E-state index in [0.717, 1.165) is 19.3 Å². The molecule has 21 heavy (non-hydrogen) atoms. The molecule has 3 heteroatoms. The molecule has 0 aliphatic heterocycles. The molecule has 1 aromatic rings. The summed E-state index contributed by atoms with van der Waals surface area (Å²) in [5.74, 6) is -0.870. The number of ketones is 1. The van der Waals surface area contributed by atoms with Crippen molar-refractivity contribution in [2.75, 3.05) is 6.61 Å². The van der Waals surface area contributed by atoms with Crippen LogP contribution in [0.5, 0.6) is 0 Å². The standard InChI is InChI=1S/C18H24O3/c1-14(2)8-7-9-15(3)12-13-21-18(20)17(19)16-10-5-4-6-11-16/h4-6,8,10-11,15H,7,9,12-13H2,1-3H3. The summed E-state index contributed by atoms with van der Waals surface area (Å²) >= 11 is 0. The maximum Gasteiger partial charge on any atom is 0.379 e. The molecule has 0 amide bonds. The Hall–Kier alpha value is -1.90. The van der Waals surface area contributed by atoms with Crippen LogP contribution in [0.4, 0.5) is 0 Å². The number of esters is 1. The van der Waals surface area contributed by atoms with Gasteiger partial charge in [0, 0.05) is 5.56 Å². The lowest BCUT2D eigenvalue weighted by atomic mass is 10.0. The summed E-state index contributed by atoms with van der Waals surface area (Å²) < 4.78 is 5.05. The van der Waals surface area contributed by atoms with Crippen LogP contribution in [0.2, 0.25) is 0 Å². The van der Waals surface area contributed by atoms with Crippen molar-refractivity contribution in [2.45, 2.75) is 40.0 Å². The average molecular weight is 288 g/mol. The molecule has 0 aliphatic carbocycles. The lowest BCUT2D eigenvalue weighted by Crippen LogP contribution is -2.18. The number of Topliss-reactive ketones (excluding diaryl/α,β-unsaturated/α-hetero) is 1. The maximum atomic E-state index is 11.8. The Bertz CT molecular complexity index is 484. The molecule has 0 saturated heterocycles. The number of hydrogen-bond acceptors (Lipinski definition) is 3. The summed E-state index contributed by atoms with van der Waals surface area (Å²) in [6.07, 6.45) is 5.10. The molecule has 0 bridgehead atoms. The van der Waals surface area contributed by atoms with Crippen LogP contribution >= 0.6 is 0 Å². The first-order valence-corrected chi connectivity index (χ1v) is 7.40. The van der Waals surface area contributed by atoms with Crippen molar-refractivity contribution < 1.29 is 14.3 Å². The second kappa shape index (κ2) is 9.11. The first-order chi connectivity index (χ1) is 10.0. The lowest BCUT2D eigenvalue weighted by molar-refractivity contribution is -0.138. The summed E-state index contributed by atoms with van der Waals surface area (Å²) in [4.78, 5) is 23.4. The first kappa shape index (κ1) is 17.2. The molecular weight excluding hydrogens is 264 g/mol. The number of carbonyl (C=O) groups is 2. The molecule has 0 fully saturated rings. The third-order valence-corrected chi connectivity index (χ3v) is 3.28. The quantitative estimate of drug-likeness (QED) is 0.312. The van der Waals surface area contributed by atoms with Crippen LogP contribution in [-0.2, 0) is 9.53 Å². The molecule has 0 heterocycles. The van der Waals surface area contributed by atoms with Crippen LogP contribution in [0.1, 0.15) is 50.4 Å². The van der Waals surface area contributed by atoms with Gasteiger partial charge < -0.3 is 4.74 Å². The average Bonchev–Trinajstić information content (AvgIpc) is 2.46. The topological polar surface area (TPSA) is 43.4 Å². The Labute approximate surface area is 127 Å². The van der Waals surface area contributed by atoms with Crippen molar-refractivity contribution in [2.24, 2.45) is 5.92 Å². The number of rotatable bonds is 8. The van der Waals surface area contributed by atoms with E-state index in [9.17, 15) is 9.59 Å². The number of hydrogen-bond donors (Lipinski definition) is 0. The van der Waals surface area contributed by atoms with E-state index in [2.05, 4.69) is 26.8 Å². The minimum atomic E-state index is -0.766. The second-order valence-electron chi connectivity index (χ2n) is 5.58. The molecule has 3 nitrogen and oxygen atoms in total. The van der Waals surface area contributed by atoms with Gasteiger partial charge in [0.1, 0.15) is 0 Å². The zero-order chi connectivity index (χ0) is 15.7. The molecule has 1 unspecified atom stereocenters. The maximum absolute atomic E-state index is 11.8. The Kier molecular flexibility index (Phi) is 7.44. The highest BCUT2D eigenvalue weighted by atomic mass is 16.5. The van der Waals surface area contributed by atoms with Crippen molar-refractivity contribution >= 4 is 11.8 Å². The highest BCUT2D eigenvalue weighted by Gasteiger charge is 2.17. The second-order valence-corrected chi connectivity index (χ2v) is 5.58. The molecule has 0 aromatic heterocycles. The van der Waals surface area contributed by atoms with Gasteiger partial charge in [0.25, 0.3) is 5.78 Å². The van der Waals surface area contributed by atoms with Gasteiger partial charge in [-0.1, -0.05) is 48.9 Å². The molecule has 1 aromatic carbocycles. The Balaban J connectivity index is 2.27. The molecule has 0 saturated carbocycles. The van der Waals surface area contributed by atoms with Crippen LogP contribution in [0, 0.1) is 5.92 Å². The summed E-state index contributed by atoms with van der Waals surface area (Å²) in [5.41, 5.74) is 1.70. The van der Waals surface area contributed by atoms with E-state index in [1.54, 1.807) is 30.3 Å². The Morgan fingerprint density at radius 2 is 1.81 bits per heavy atom. The van der Waals surface area contributed by atoms with Gasteiger partial charge in [0.15, 0.2) is 0 Å². The number of benzene rings is 1. The van der Waals surface area contributed by atoms with Gasteiger partial charge in [-0.25, -0.2) is 4.79 Å². The van der Waals surface area contributed by atoms with Gasteiger partial charge in [0.05, 0.1) is 6.61 Å². The van der Waals surface area contributed by atoms with Crippen LogP contribution in [0.25, 0.3) is 0 Å². The fraction of sp³-hybridized carbons (Fsp3) is 0.444. The number of allylic oxidation sites excluding steroid dienone is 2. The molecule has 0 aliphatic rings. The van der Waals surface area contributed by atoms with E-state index in [1.165, 1.54) is 5.57 Å². The van der Waals surface area contributed by atoms with Gasteiger partial charge in [-0.3, -0.25) is 4.79 Å². The van der Waals surface area contributed by atoms with Gasteiger partial charge >= 0.3 is 5.97 Å². The summed E-state index contributed by atoms with van der Waals surface area (Å²) in [5, 5.41) is 0. The SMILES string of the molecule is CC(C)=CCCC(C)CCOC(=O)C(=O)c1ccccc1. The van der Waals surface area contributed by atoms with Crippen molar-refractivity contribution in [1.82, 2.24) is 0 Å². The fourth-order valence-corrected chi connectivity index (χ4v) is 1.93. The zero-order valence-electron chi connectivity index (χ0n) is 13.1. The minimum Gasteiger partial charge on any atom is -0.460 e.